The second kappa shape index (κ2) is 9.67. The van der Waals surface area contributed by atoms with Crippen LogP contribution < -0.4 is 9.80 Å². The monoisotopic (exact) mass is 444 g/mol. The van der Waals surface area contributed by atoms with Gasteiger partial charge in [-0.2, -0.15) is 0 Å². The molecule has 2 aliphatic rings. The Morgan fingerprint density at radius 1 is 1.09 bits per heavy atom. The van der Waals surface area contributed by atoms with E-state index in [1.807, 2.05) is 37.4 Å². The highest BCUT2D eigenvalue weighted by Crippen LogP contribution is 2.49. The number of para-hydroxylation sites is 1. The molecule has 0 aliphatic carbocycles. The van der Waals surface area contributed by atoms with Crippen LogP contribution in [0.4, 0.5) is 5.69 Å². The number of benzene rings is 2. The minimum Gasteiger partial charge on any atom is -0.473 e. The zero-order valence-electron chi connectivity index (χ0n) is 17.8. The molecule has 2 atom stereocenters. The lowest BCUT2D eigenvalue weighted by Gasteiger charge is -2.24. The standard InChI is InChI=1S/C20H22N2O4.C2H2O4/c1-21(2)12-14-11-16-15-6-4-5-7-18(15)25-19-9-8-13(20(23)24-3)10-17(19)22(16)26-14;3-1(4)2(5)6/h4-10,14,16H,11-12H2,1-3H3;(H,3,4)(H,5,6)/t14-,16-;/m0./s1. The van der Waals surface area contributed by atoms with Gasteiger partial charge in [-0.15, -0.1) is 0 Å². The first-order valence-electron chi connectivity index (χ1n) is 9.77. The number of carbonyl (C=O) groups excluding carboxylic acids is 1. The molecule has 0 spiro atoms. The molecule has 32 heavy (non-hydrogen) atoms. The van der Waals surface area contributed by atoms with Crippen LogP contribution >= 0.6 is 0 Å². The Morgan fingerprint density at radius 2 is 1.78 bits per heavy atom. The normalized spacial score (nSPS) is 18.2. The first-order chi connectivity index (χ1) is 15.2. The quantitative estimate of drug-likeness (QED) is 0.539. The van der Waals surface area contributed by atoms with Crippen molar-refractivity contribution in [2.75, 3.05) is 32.8 Å². The number of methoxy groups -OCH3 is 1. The van der Waals surface area contributed by atoms with Gasteiger partial charge in [0.15, 0.2) is 5.75 Å². The summed E-state index contributed by atoms with van der Waals surface area (Å²) < 4.78 is 11.0. The van der Waals surface area contributed by atoms with Crippen molar-refractivity contribution in [1.29, 1.82) is 0 Å². The molecular weight excluding hydrogens is 420 g/mol. The molecule has 0 bridgehead atoms. The zero-order chi connectivity index (χ0) is 23.4. The molecule has 2 aliphatic heterocycles. The van der Waals surface area contributed by atoms with Crippen LogP contribution in [0.1, 0.15) is 28.4 Å². The van der Waals surface area contributed by atoms with Crippen LogP contribution in [0.5, 0.6) is 11.5 Å². The van der Waals surface area contributed by atoms with Crippen molar-refractivity contribution in [2.24, 2.45) is 0 Å². The number of carbonyl (C=O) groups is 3. The molecule has 0 aromatic heterocycles. The van der Waals surface area contributed by atoms with Crippen LogP contribution in [0.15, 0.2) is 42.5 Å². The van der Waals surface area contributed by atoms with Gasteiger partial charge in [-0.25, -0.2) is 19.4 Å². The first kappa shape index (κ1) is 23.0. The first-order valence-corrected chi connectivity index (χ1v) is 9.77. The Labute approximate surface area is 184 Å². The maximum Gasteiger partial charge on any atom is 0.414 e. The molecule has 2 aromatic carbocycles. The van der Waals surface area contributed by atoms with Crippen LogP contribution in [0.25, 0.3) is 0 Å². The van der Waals surface area contributed by atoms with E-state index >= 15 is 0 Å². The van der Waals surface area contributed by atoms with Gasteiger partial charge in [0, 0.05) is 18.5 Å². The molecule has 2 heterocycles. The number of nitrogens with zero attached hydrogens (tertiary/aromatic N) is 2. The van der Waals surface area contributed by atoms with Gasteiger partial charge in [-0.05, 0) is 38.4 Å². The van der Waals surface area contributed by atoms with Crippen molar-refractivity contribution < 1.29 is 38.9 Å². The smallest absolute Gasteiger partial charge is 0.414 e. The highest BCUT2D eigenvalue weighted by Gasteiger charge is 2.40. The van der Waals surface area contributed by atoms with Crippen LogP contribution in [-0.2, 0) is 19.2 Å². The topological polar surface area (TPSA) is 126 Å². The number of esters is 1. The SMILES string of the molecule is COC(=O)c1ccc2c(c1)N1O[C@H](CN(C)C)C[C@H]1c1ccccc1O2.O=C(O)C(=O)O. The third-order valence-electron chi connectivity index (χ3n) is 4.90. The molecule has 10 nitrogen and oxygen atoms in total. The van der Waals surface area contributed by atoms with Crippen LogP contribution in [0.2, 0.25) is 0 Å². The highest BCUT2D eigenvalue weighted by molar-refractivity contribution is 6.27. The molecule has 0 radical (unpaired) electrons. The van der Waals surface area contributed by atoms with E-state index in [2.05, 4.69) is 11.0 Å². The molecule has 0 amide bonds. The summed E-state index contributed by atoms with van der Waals surface area (Å²) in [5.74, 6) is -2.54. The van der Waals surface area contributed by atoms with Crippen molar-refractivity contribution in [3.05, 3.63) is 53.6 Å². The second-order valence-corrected chi connectivity index (χ2v) is 7.49. The van der Waals surface area contributed by atoms with E-state index in [4.69, 9.17) is 34.1 Å². The molecule has 1 fully saturated rings. The third-order valence-corrected chi connectivity index (χ3v) is 4.90. The van der Waals surface area contributed by atoms with Crippen molar-refractivity contribution in [3.8, 4) is 11.5 Å². The van der Waals surface area contributed by atoms with E-state index < -0.39 is 11.9 Å². The van der Waals surface area contributed by atoms with E-state index in [1.165, 1.54) is 7.11 Å². The maximum atomic E-state index is 12.0. The minimum absolute atomic E-state index is 0.0327. The summed E-state index contributed by atoms with van der Waals surface area (Å²) in [5.41, 5.74) is 2.30. The number of anilines is 1. The van der Waals surface area contributed by atoms with Crippen molar-refractivity contribution in [1.82, 2.24) is 4.90 Å². The number of hydrogen-bond donors (Lipinski definition) is 2. The number of carboxylic acid groups (broad SMARTS) is 2. The molecule has 1 saturated heterocycles. The number of rotatable bonds is 3. The fraction of sp³-hybridized carbons (Fsp3) is 0.318. The number of ether oxygens (including phenoxy) is 2. The summed E-state index contributed by atoms with van der Waals surface area (Å²) in [6.07, 6.45) is 0.913. The minimum atomic E-state index is -1.82. The predicted octanol–water partition coefficient (Wildman–Crippen LogP) is 2.55. The molecule has 2 aromatic rings. The lowest BCUT2D eigenvalue weighted by molar-refractivity contribution is -0.159. The molecule has 0 saturated carbocycles. The number of carboxylic acids is 2. The van der Waals surface area contributed by atoms with Crippen LogP contribution in [-0.4, -0.2) is 66.9 Å². The van der Waals surface area contributed by atoms with Crippen molar-refractivity contribution in [2.45, 2.75) is 18.6 Å². The molecule has 0 unspecified atom stereocenters. The summed E-state index contributed by atoms with van der Waals surface area (Å²) >= 11 is 0. The van der Waals surface area contributed by atoms with Gasteiger partial charge in [0.2, 0.25) is 0 Å². The number of aliphatic carboxylic acids is 2. The molecule has 10 heteroatoms. The summed E-state index contributed by atoms with van der Waals surface area (Å²) in [5, 5.41) is 16.7. The Hall–Kier alpha value is -3.63. The number of hydrogen-bond acceptors (Lipinski definition) is 8. The van der Waals surface area contributed by atoms with Crippen molar-refractivity contribution in [3.63, 3.8) is 0 Å². The van der Waals surface area contributed by atoms with Crippen LogP contribution in [0.3, 0.4) is 0 Å². The summed E-state index contributed by atoms with van der Waals surface area (Å²) in [6.45, 7) is 0.821. The van der Waals surface area contributed by atoms with Gasteiger partial charge in [-0.3, -0.25) is 4.84 Å². The number of hydroxylamine groups is 1. The van der Waals surface area contributed by atoms with Gasteiger partial charge in [0.1, 0.15) is 17.5 Å². The lowest BCUT2D eigenvalue weighted by Crippen LogP contribution is -2.27. The van der Waals surface area contributed by atoms with Gasteiger partial charge >= 0.3 is 17.9 Å². The van der Waals surface area contributed by atoms with Gasteiger partial charge in [0.25, 0.3) is 0 Å². The largest absolute Gasteiger partial charge is 0.473 e. The van der Waals surface area contributed by atoms with E-state index in [1.54, 1.807) is 18.2 Å². The van der Waals surface area contributed by atoms with E-state index in [0.717, 1.165) is 30.0 Å². The molecule has 4 rings (SSSR count). The van der Waals surface area contributed by atoms with Crippen molar-refractivity contribution >= 4 is 23.6 Å². The molecule has 170 valence electrons. The maximum absolute atomic E-state index is 12.0. The molecular formula is C22H24N2O8. The molecule has 2 N–H and O–H groups in total. The Bertz CT molecular complexity index is 1010. The summed E-state index contributed by atoms with van der Waals surface area (Å²) in [7, 11) is 5.45. The van der Waals surface area contributed by atoms with E-state index in [0.29, 0.717) is 11.3 Å². The van der Waals surface area contributed by atoms with Gasteiger partial charge in [0.05, 0.1) is 18.7 Å². The summed E-state index contributed by atoms with van der Waals surface area (Å²) in [4.78, 5) is 38.6. The van der Waals surface area contributed by atoms with Crippen LogP contribution in [0, 0.1) is 0 Å². The average molecular weight is 444 g/mol. The fourth-order valence-corrected chi connectivity index (χ4v) is 3.60. The number of fused-ring (bicyclic) bond motifs is 5. The average Bonchev–Trinajstić information content (AvgIpc) is 3.11. The summed E-state index contributed by atoms with van der Waals surface area (Å²) in [6, 6.07) is 13.3. The highest BCUT2D eigenvalue weighted by atomic mass is 16.7. The predicted molar refractivity (Wildman–Crippen MR) is 113 cm³/mol. The zero-order valence-corrected chi connectivity index (χ0v) is 17.8. The van der Waals surface area contributed by atoms with E-state index in [9.17, 15) is 4.79 Å². The lowest BCUT2D eigenvalue weighted by atomic mass is 10.0. The van der Waals surface area contributed by atoms with Gasteiger partial charge < -0.3 is 24.6 Å². The van der Waals surface area contributed by atoms with Gasteiger partial charge in [-0.1, -0.05) is 18.2 Å². The Kier molecular flexibility index (Phi) is 6.96. The second-order valence-electron chi connectivity index (χ2n) is 7.49. The Morgan fingerprint density at radius 3 is 2.41 bits per heavy atom. The number of likely N-dealkylation sites (N-methyl/N-ethyl adjacent to an activating group) is 1. The third kappa shape index (κ3) is 4.98. The Balaban J connectivity index is 0.000000427. The van der Waals surface area contributed by atoms with E-state index in [-0.39, 0.29) is 18.1 Å². The fourth-order valence-electron chi connectivity index (χ4n) is 3.60.